The Morgan fingerprint density at radius 3 is 2.23 bits per heavy atom. The lowest BCUT2D eigenvalue weighted by molar-refractivity contribution is -0.140. The van der Waals surface area contributed by atoms with Gasteiger partial charge >= 0.3 is 0 Å². The van der Waals surface area contributed by atoms with Gasteiger partial charge < -0.3 is 19.9 Å². The number of nitrogens with zero attached hydrogens (tertiary/aromatic N) is 2. The fourth-order valence-corrected chi connectivity index (χ4v) is 3.30. The second-order valence-electron chi connectivity index (χ2n) is 6.85. The second-order valence-corrected chi connectivity index (χ2v) is 6.85. The monoisotopic (exact) mass is 359 g/mol. The van der Waals surface area contributed by atoms with E-state index in [0.717, 1.165) is 11.3 Å². The first-order valence-electron chi connectivity index (χ1n) is 8.94. The number of nitrogens with one attached hydrogen (secondary N) is 1. The Bertz CT molecular complexity index is 681. The van der Waals surface area contributed by atoms with Crippen LogP contribution in [0.3, 0.4) is 0 Å². The Labute approximate surface area is 153 Å². The van der Waals surface area contributed by atoms with Gasteiger partial charge in [0.15, 0.2) is 0 Å². The maximum atomic E-state index is 12.5. The van der Waals surface area contributed by atoms with E-state index >= 15 is 0 Å². The summed E-state index contributed by atoms with van der Waals surface area (Å²) >= 11 is 0. The van der Waals surface area contributed by atoms with Crippen LogP contribution in [0.15, 0.2) is 24.3 Å². The van der Waals surface area contributed by atoms with Gasteiger partial charge in [-0.05, 0) is 24.1 Å². The summed E-state index contributed by atoms with van der Waals surface area (Å²) < 4.78 is 5.11. The molecule has 0 bridgehead atoms. The molecule has 1 saturated carbocycles. The van der Waals surface area contributed by atoms with E-state index in [-0.39, 0.29) is 29.6 Å². The van der Waals surface area contributed by atoms with E-state index in [2.05, 4.69) is 5.32 Å². The molecule has 0 radical (unpaired) electrons. The fraction of sp³-hybridized carbons (Fsp3) is 0.526. The molecule has 7 heteroatoms. The Balaban J connectivity index is 1.43. The molecule has 1 N–H and O–H groups in total. The molecule has 3 amide bonds. The number of methoxy groups -OCH3 is 1. The van der Waals surface area contributed by atoms with E-state index in [0.29, 0.717) is 39.1 Å². The van der Waals surface area contributed by atoms with E-state index < -0.39 is 0 Å². The van der Waals surface area contributed by atoms with Crippen LogP contribution >= 0.6 is 0 Å². The van der Waals surface area contributed by atoms with Gasteiger partial charge in [-0.25, -0.2) is 0 Å². The van der Waals surface area contributed by atoms with Crippen molar-refractivity contribution in [2.45, 2.75) is 19.9 Å². The van der Waals surface area contributed by atoms with Crippen LogP contribution in [0.25, 0.3) is 0 Å². The van der Waals surface area contributed by atoms with Gasteiger partial charge in [0.2, 0.25) is 17.7 Å². The van der Waals surface area contributed by atoms with Crippen molar-refractivity contribution in [3.05, 3.63) is 29.8 Å². The van der Waals surface area contributed by atoms with Crippen LogP contribution in [-0.2, 0) is 20.9 Å². The number of hydrogen-bond donors (Lipinski definition) is 1. The highest BCUT2D eigenvalue weighted by atomic mass is 16.5. The number of carbonyl (C=O) groups is 3. The van der Waals surface area contributed by atoms with E-state index in [9.17, 15) is 14.4 Å². The molecule has 1 aliphatic carbocycles. The van der Waals surface area contributed by atoms with Gasteiger partial charge in [0.05, 0.1) is 18.9 Å². The van der Waals surface area contributed by atoms with E-state index in [4.69, 9.17) is 4.74 Å². The molecule has 1 saturated heterocycles. The summed E-state index contributed by atoms with van der Waals surface area (Å²) in [5, 5.41) is 2.90. The van der Waals surface area contributed by atoms with Crippen molar-refractivity contribution in [3.63, 3.8) is 0 Å². The van der Waals surface area contributed by atoms with Gasteiger partial charge in [0.25, 0.3) is 0 Å². The summed E-state index contributed by atoms with van der Waals surface area (Å²) in [7, 11) is 1.61. The molecule has 1 aromatic rings. The molecule has 1 aliphatic heterocycles. The molecular weight excluding hydrogens is 334 g/mol. The van der Waals surface area contributed by atoms with Crippen LogP contribution in [0, 0.1) is 11.8 Å². The van der Waals surface area contributed by atoms with Crippen molar-refractivity contribution >= 4 is 17.7 Å². The second kappa shape index (κ2) is 7.76. The first kappa shape index (κ1) is 18.2. The number of benzene rings is 1. The zero-order valence-electron chi connectivity index (χ0n) is 15.2. The highest BCUT2D eigenvalue weighted by molar-refractivity contribution is 5.92. The van der Waals surface area contributed by atoms with Gasteiger partial charge in [-0.3, -0.25) is 14.4 Å². The van der Waals surface area contributed by atoms with Crippen molar-refractivity contribution in [2.75, 3.05) is 33.3 Å². The summed E-state index contributed by atoms with van der Waals surface area (Å²) in [4.78, 5) is 39.7. The Kier molecular flexibility index (Phi) is 5.44. The molecule has 0 spiro atoms. The van der Waals surface area contributed by atoms with Crippen molar-refractivity contribution in [1.29, 1.82) is 0 Å². The minimum Gasteiger partial charge on any atom is -0.497 e. The van der Waals surface area contributed by atoms with Crippen LogP contribution in [0.1, 0.15) is 18.9 Å². The van der Waals surface area contributed by atoms with Gasteiger partial charge in [-0.2, -0.15) is 0 Å². The van der Waals surface area contributed by atoms with Gasteiger partial charge in [-0.15, -0.1) is 0 Å². The molecule has 1 aromatic carbocycles. The molecule has 0 aromatic heterocycles. The molecule has 3 rings (SSSR count). The minimum absolute atomic E-state index is 0.0396. The standard InChI is InChI=1S/C19H25N3O4/c1-13(23)21-7-9-22(10-8-21)19(25)17-11-16(17)18(24)20-12-14-3-5-15(26-2)6-4-14/h3-6,16-17H,7-12H2,1-2H3,(H,20,24). The van der Waals surface area contributed by atoms with Crippen molar-refractivity contribution in [2.24, 2.45) is 11.8 Å². The van der Waals surface area contributed by atoms with Crippen LogP contribution < -0.4 is 10.1 Å². The lowest BCUT2D eigenvalue weighted by atomic mass is 10.2. The van der Waals surface area contributed by atoms with E-state index in [1.165, 1.54) is 0 Å². The molecule has 26 heavy (non-hydrogen) atoms. The molecular formula is C19H25N3O4. The zero-order valence-corrected chi connectivity index (χ0v) is 15.2. The van der Waals surface area contributed by atoms with Crippen LogP contribution in [-0.4, -0.2) is 60.8 Å². The average Bonchev–Trinajstić information content (AvgIpc) is 3.47. The van der Waals surface area contributed by atoms with Crippen LogP contribution in [0.2, 0.25) is 0 Å². The highest BCUT2D eigenvalue weighted by Crippen LogP contribution is 2.40. The predicted octanol–water partition coefficient (Wildman–Crippen LogP) is 0.638. The van der Waals surface area contributed by atoms with Gasteiger partial charge in [-0.1, -0.05) is 12.1 Å². The number of carbonyl (C=O) groups excluding carboxylic acids is 3. The first-order valence-corrected chi connectivity index (χ1v) is 8.94. The maximum Gasteiger partial charge on any atom is 0.226 e. The first-order chi connectivity index (χ1) is 12.5. The Morgan fingerprint density at radius 1 is 1.04 bits per heavy atom. The maximum absolute atomic E-state index is 12.5. The van der Waals surface area contributed by atoms with Crippen LogP contribution in [0.4, 0.5) is 0 Å². The average molecular weight is 359 g/mol. The molecule has 1 heterocycles. The number of piperazine rings is 1. The normalized spacial score (nSPS) is 21.9. The third-order valence-corrected chi connectivity index (χ3v) is 5.11. The highest BCUT2D eigenvalue weighted by Gasteiger charge is 2.49. The largest absolute Gasteiger partial charge is 0.497 e. The molecule has 2 unspecified atom stereocenters. The summed E-state index contributed by atoms with van der Waals surface area (Å²) in [5.41, 5.74) is 0.989. The summed E-state index contributed by atoms with van der Waals surface area (Å²) in [6, 6.07) is 7.52. The topological polar surface area (TPSA) is 79.0 Å². The lowest BCUT2D eigenvalue weighted by Crippen LogP contribution is -2.50. The molecule has 140 valence electrons. The molecule has 2 fully saturated rings. The van der Waals surface area contributed by atoms with E-state index in [1.54, 1.807) is 23.8 Å². The van der Waals surface area contributed by atoms with E-state index in [1.807, 2.05) is 24.3 Å². The SMILES string of the molecule is COc1ccc(CNC(=O)C2CC2C(=O)N2CCN(C(C)=O)CC2)cc1. The lowest BCUT2D eigenvalue weighted by Gasteiger charge is -2.34. The fourth-order valence-electron chi connectivity index (χ4n) is 3.30. The molecule has 2 aliphatic rings. The zero-order chi connectivity index (χ0) is 18.7. The number of amides is 3. The number of hydrogen-bond acceptors (Lipinski definition) is 4. The third-order valence-electron chi connectivity index (χ3n) is 5.11. The van der Waals surface area contributed by atoms with Crippen molar-refractivity contribution in [1.82, 2.24) is 15.1 Å². The van der Waals surface area contributed by atoms with Gasteiger partial charge in [0, 0.05) is 39.6 Å². The summed E-state index contributed by atoms with van der Waals surface area (Å²) in [5.74, 6) is 0.345. The van der Waals surface area contributed by atoms with Crippen LogP contribution in [0.5, 0.6) is 5.75 Å². The third kappa shape index (κ3) is 4.15. The summed E-state index contributed by atoms with van der Waals surface area (Å²) in [6.45, 7) is 4.23. The number of rotatable bonds is 5. The minimum atomic E-state index is -0.230. The predicted molar refractivity (Wildman–Crippen MR) is 95.3 cm³/mol. The quantitative estimate of drug-likeness (QED) is 0.837. The number of ether oxygens (including phenoxy) is 1. The Morgan fingerprint density at radius 2 is 1.65 bits per heavy atom. The smallest absolute Gasteiger partial charge is 0.226 e. The van der Waals surface area contributed by atoms with Crippen molar-refractivity contribution in [3.8, 4) is 5.75 Å². The molecule has 7 nitrogen and oxygen atoms in total. The summed E-state index contributed by atoms with van der Waals surface area (Å²) in [6.07, 6.45) is 0.611. The van der Waals surface area contributed by atoms with Gasteiger partial charge in [0.1, 0.15) is 5.75 Å². The molecule has 2 atom stereocenters. The Hall–Kier alpha value is -2.57. The van der Waals surface area contributed by atoms with Crippen molar-refractivity contribution < 1.29 is 19.1 Å².